The van der Waals surface area contributed by atoms with Crippen molar-refractivity contribution in [3.63, 3.8) is 0 Å². The van der Waals surface area contributed by atoms with E-state index < -0.39 is 0 Å². The molecule has 5 heteroatoms. The van der Waals surface area contributed by atoms with E-state index in [4.69, 9.17) is 0 Å². The smallest absolute Gasteiger partial charge is 0.224 e. The van der Waals surface area contributed by atoms with Gasteiger partial charge in [0, 0.05) is 20.1 Å². The van der Waals surface area contributed by atoms with E-state index in [2.05, 4.69) is 15.3 Å². The summed E-state index contributed by atoms with van der Waals surface area (Å²) >= 11 is 0. The van der Waals surface area contributed by atoms with Crippen molar-refractivity contribution < 1.29 is 4.39 Å². The number of nitrogens with zero attached hydrogens (tertiary/aromatic N) is 3. The third-order valence-corrected chi connectivity index (χ3v) is 3.16. The summed E-state index contributed by atoms with van der Waals surface area (Å²) in [5.41, 5.74) is 0. The zero-order valence-corrected chi connectivity index (χ0v) is 9.70. The highest BCUT2D eigenvalue weighted by Gasteiger charge is 2.23. The lowest BCUT2D eigenvalue weighted by Gasteiger charge is -2.25. The minimum atomic E-state index is -0.353. The van der Waals surface area contributed by atoms with Crippen LogP contribution in [0.1, 0.15) is 25.7 Å². The second-order valence-corrected chi connectivity index (χ2v) is 4.16. The van der Waals surface area contributed by atoms with Crippen molar-refractivity contribution in [1.29, 1.82) is 0 Å². The lowest BCUT2D eigenvalue weighted by molar-refractivity contribution is 0.581. The van der Waals surface area contributed by atoms with Crippen LogP contribution in [-0.4, -0.2) is 30.1 Å². The quantitative estimate of drug-likeness (QED) is 0.853. The van der Waals surface area contributed by atoms with Crippen molar-refractivity contribution in [3.05, 3.63) is 12.0 Å². The molecule has 88 valence electrons. The Morgan fingerprint density at radius 3 is 2.75 bits per heavy atom. The second kappa shape index (κ2) is 4.63. The average molecular weight is 224 g/mol. The maximum Gasteiger partial charge on any atom is 0.224 e. The number of aromatic nitrogens is 2. The van der Waals surface area contributed by atoms with Crippen LogP contribution < -0.4 is 10.2 Å². The molecule has 0 unspecified atom stereocenters. The van der Waals surface area contributed by atoms with Crippen LogP contribution in [0.15, 0.2) is 6.20 Å². The fourth-order valence-electron chi connectivity index (χ4n) is 2.19. The SMILES string of the molecule is CNc1ncc(F)c(N(C)C2CCCC2)n1. The molecule has 0 spiro atoms. The van der Waals surface area contributed by atoms with Crippen molar-refractivity contribution >= 4 is 11.8 Å². The lowest BCUT2D eigenvalue weighted by Crippen LogP contribution is -2.30. The number of hydrogen-bond acceptors (Lipinski definition) is 4. The highest BCUT2D eigenvalue weighted by molar-refractivity contribution is 5.44. The van der Waals surface area contributed by atoms with Crippen LogP contribution >= 0.6 is 0 Å². The third kappa shape index (κ3) is 2.08. The number of halogens is 1. The molecular formula is C11H17FN4. The Bertz CT molecular complexity index is 363. The van der Waals surface area contributed by atoms with Gasteiger partial charge in [-0.2, -0.15) is 4.98 Å². The first-order valence-corrected chi connectivity index (χ1v) is 5.65. The molecule has 4 nitrogen and oxygen atoms in total. The van der Waals surface area contributed by atoms with Gasteiger partial charge in [0.05, 0.1) is 6.20 Å². The molecule has 1 fully saturated rings. The molecule has 0 saturated heterocycles. The molecule has 0 atom stereocenters. The predicted octanol–water partition coefficient (Wildman–Crippen LogP) is 2.04. The third-order valence-electron chi connectivity index (χ3n) is 3.16. The molecule has 0 radical (unpaired) electrons. The normalized spacial score (nSPS) is 16.4. The molecule has 1 saturated carbocycles. The first-order valence-electron chi connectivity index (χ1n) is 5.65. The van der Waals surface area contributed by atoms with Crippen molar-refractivity contribution in [2.24, 2.45) is 0 Å². The topological polar surface area (TPSA) is 41.1 Å². The van der Waals surface area contributed by atoms with Crippen LogP contribution in [0.4, 0.5) is 16.2 Å². The molecule has 0 aliphatic heterocycles. The van der Waals surface area contributed by atoms with Gasteiger partial charge in [-0.25, -0.2) is 9.37 Å². The van der Waals surface area contributed by atoms with Crippen molar-refractivity contribution in [2.75, 3.05) is 24.3 Å². The fourth-order valence-corrected chi connectivity index (χ4v) is 2.19. The molecule has 1 N–H and O–H groups in total. The monoisotopic (exact) mass is 224 g/mol. The van der Waals surface area contributed by atoms with Gasteiger partial charge in [0.15, 0.2) is 11.6 Å². The molecule has 1 heterocycles. The molecule has 1 aromatic heterocycles. The summed E-state index contributed by atoms with van der Waals surface area (Å²) in [6.07, 6.45) is 5.91. The number of anilines is 2. The molecule has 1 aromatic rings. The molecule has 1 aliphatic rings. The Morgan fingerprint density at radius 1 is 1.44 bits per heavy atom. The average Bonchev–Trinajstić information content (AvgIpc) is 2.82. The molecule has 0 amide bonds. The fraction of sp³-hybridized carbons (Fsp3) is 0.636. The van der Waals surface area contributed by atoms with E-state index in [9.17, 15) is 4.39 Å². The number of nitrogens with one attached hydrogen (secondary N) is 1. The van der Waals surface area contributed by atoms with E-state index in [0.29, 0.717) is 17.8 Å². The van der Waals surface area contributed by atoms with E-state index in [0.717, 1.165) is 12.8 Å². The number of rotatable bonds is 3. The largest absolute Gasteiger partial charge is 0.357 e. The summed E-state index contributed by atoms with van der Waals surface area (Å²) in [5, 5.41) is 2.82. The summed E-state index contributed by atoms with van der Waals surface area (Å²) < 4.78 is 13.6. The van der Waals surface area contributed by atoms with E-state index in [1.165, 1.54) is 19.0 Å². The van der Waals surface area contributed by atoms with Crippen molar-refractivity contribution in [1.82, 2.24) is 9.97 Å². The van der Waals surface area contributed by atoms with E-state index in [1.807, 2.05) is 11.9 Å². The van der Waals surface area contributed by atoms with Gasteiger partial charge < -0.3 is 10.2 Å². The zero-order chi connectivity index (χ0) is 11.5. The Kier molecular flexibility index (Phi) is 3.22. The first-order chi connectivity index (χ1) is 7.72. The summed E-state index contributed by atoms with van der Waals surface area (Å²) in [7, 11) is 3.63. The Balaban J connectivity index is 2.23. The van der Waals surface area contributed by atoms with Crippen LogP contribution in [0.3, 0.4) is 0 Å². The molecule has 2 rings (SSSR count). The Morgan fingerprint density at radius 2 is 2.12 bits per heavy atom. The van der Waals surface area contributed by atoms with Gasteiger partial charge in [-0.05, 0) is 12.8 Å². The Labute approximate surface area is 94.9 Å². The molecule has 1 aliphatic carbocycles. The summed E-state index contributed by atoms with van der Waals surface area (Å²) in [5.74, 6) is 0.501. The zero-order valence-electron chi connectivity index (χ0n) is 9.70. The van der Waals surface area contributed by atoms with Crippen LogP contribution in [0.5, 0.6) is 0 Å². The van der Waals surface area contributed by atoms with Crippen LogP contribution in [-0.2, 0) is 0 Å². The van der Waals surface area contributed by atoms with Gasteiger partial charge in [-0.3, -0.25) is 0 Å². The van der Waals surface area contributed by atoms with Gasteiger partial charge in [0.1, 0.15) is 0 Å². The molecule has 0 aromatic carbocycles. The van der Waals surface area contributed by atoms with Crippen LogP contribution in [0.25, 0.3) is 0 Å². The molecular weight excluding hydrogens is 207 g/mol. The molecule has 16 heavy (non-hydrogen) atoms. The standard InChI is InChI=1S/C11H17FN4/c1-13-11-14-7-9(12)10(15-11)16(2)8-5-3-4-6-8/h7-8H,3-6H2,1-2H3,(H,13,14,15). The van der Waals surface area contributed by atoms with Crippen molar-refractivity contribution in [2.45, 2.75) is 31.7 Å². The molecule has 0 bridgehead atoms. The van der Waals surface area contributed by atoms with Gasteiger partial charge in [0.25, 0.3) is 0 Å². The van der Waals surface area contributed by atoms with Gasteiger partial charge in [0.2, 0.25) is 5.95 Å². The second-order valence-electron chi connectivity index (χ2n) is 4.16. The van der Waals surface area contributed by atoms with Crippen LogP contribution in [0.2, 0.25) is 0 Å². The predicted molar refractivity (Wildman–Crippen MR) is 62.2 cm³/mol. The first kappa shape index (κ1) is 11.1. The number of hydrogen-bond donors (Lipinski definition) is 1. The minimum absolute atomic E-state index is 0.353. The van der Waals surface area contributed by atoms with Gasteiger partial charge >= 0.3 is 0 Å². The maximum absolute atomic E-state index is 13.6. The maximum atomic E-state index is 13.6. The Hall–Kier alpha value is -1.39. The highest BCUT2D eigenvalue weighted by atomic mass is 19.1. The van der Waals surface area contributed by atoms with Crippen LogP contribution in [0, 0.1) is 5.82 Å². The van der Waals surface area contributed by atoms with E-state index in [1.54, 1.807) is 7.05 Å². The summed E-state index contributed by atoms with van der Waals surface area (Å²) in [6, 6.07) is 0.411. The summed E-state index contributed by atoms with van der Waals surface area (Å²) in [6.45, 7) is 0. The summed E-state index contributed by atoms with van der Waals surface area (Å²) in [4.78, 5) is 9.94. The highest BCUT2D eigenvalue weighted by Crippen LogP contribution is 2.27. The minimum Gasteiger partial charge on any atom is -0.357 e. The lowest BCUT2D eigenvalue weighted by atomic mass is 10.2. The van der Waals surface area contributed by atoms with E-state index in [-0.39, 0.29) is 5.82 Å². The van der Waals surface area contributed by atoms with Gasteiger partial charge in [-0.15, -0.1) is 0 Å². The van der Waals surface area contributed by atoms with Crippen molar-refractivity contribution in [3.8, 4) is 0 Å². The van der Waals surface area contributed by atoms with Gasteiger partial charge in [-0.1, -0.05) is 12.8 Å². The van der Waals surface area contributed by atoms with E-state index >= 15 is 0 Å².